The summed E-state index contributed by atoms with van der Waals surface area (Å²) in [6.45, 7) is 0.709. The molecule has 1 aliphatic rings. The van der Waals surface area contributed by atoms with Gasteiger partial charge in [0.05, 0.1) is 12.6 Å². The molecule has 0 unspecified atom stereocenters. The number of hydrogen-bond donors (Lipinski definition) is 2. The molecule has 0 spiro atoms. The molecule has 4 nitrogen and oxygen atoms in total. The largest absolute Gasteiger partial charge is 0.463 e. The second-order valence-corrected chi connectivity index (χ2v) is 8.02. The predicted molar refractivity (Wildman–Crippen MR) is 127 cm³/mol. The van der Waals surface area contributed by atoms with Crippen LogP contribution >= 0.6 is 12.2 Å². The average Bonchev–Trinajstić information content (AvgIpc) is 3.21. The van der Waals surface area contributed by atoms with Crippen LogP contribution in [0.5, 0.6) is 0 Å². The number of carbonyl (C=O) groups is 1. The zero-order valence-corrected chi connectivity index (χ0v) is 18.1. The summed E-state index contributed by atoms with van der Waals surface area (Å²) >= 11 is 5.44. The Labute approximate surface area is 188 Å². The summed E-state index contributed by atoms with van der Waals surface area (Å²) in [5.41, 5.74) is 4.53. The molecule has 0 saturated carbocycles. The van der Waals surface area contributed by atoms with Crippen molar-refractivity contribution in [1.82, 2.24) is 10.6 Å². The molecule has 0 heterocycles. The van der Waals surface area contributed by atoms with E-state index >= 15 is 0 Å². The highest BCUT2D eigenvalue weighted by molar-refractivity contribution is 7.80. The molecule has 0 aliphatic heterocycles. The van der Waals surface area contributed by atoms with Gasteiger partial charge in [-0.1, -0.05) is 84.9 Å². The number of nitrogens with one attached hydrogen (secondary N) is 2. The first-order valence-electron chi connectivity index (χ1n) is 10.6. The Morgan fingerprint density at radius 2 is 1.55 bits per heavy atom. The highest BCUT2D eigenvalue weighted by Crippen LogP contribution is 2.30. The van der Waals surface area contributed by atoms with Crippen LogP contribution in [-0.2, 0) is 16.0 Å². The van der Waals surface area contributed by atoms with Crippen LogP contribution in [-0.4, -0.2) is 24.2 Å². The summed E-state index contributed by atoms with van der Waals surface area (Å²) < 4.78 is 5.60. The monoisotopic (exact) mass is 430 g/mol. The first-order valence-corrected chi connectivity index (χ1v) is 11.0. The Balaban J connectivity index is 1.28. The number of rotatable bonds is 7. The van der Waals surface area contributed by atoms with Crippen molar-refractivity contribution in [3.63, 3.8) is 0 Å². The molecular weight excluding hydrogens is 404 g/mol. The normalized spacial score (nSPS) is 14.7. The molecule has 4 rings (SSSR count). The number of aryl methyl sites for hydroxylation is 1. The van der Waals surface area contributed by atoms with Gasteiger partial charge in [0, 0.05) is 0 Å². The molecule has 0 bridgehead atoms. The fourth-order valence-corrected chi connectivity index (χ4v) is 4.32. The lowest BCUT2D eigenvalue weighted by atomic mass is 9.91. The molecule has 3 aromatic carbocycles. The Bertz CT molecular complexity index is 984. The third-order valence-electron chi connectivity index (χ3n) is 5.57. The molecule has 158 valence electrons. The molecule has 0 radical (unpaired) electrons. The van der Waals surface area contributed by atoms with E-state index in [0.717, 1.165) is 24.0 Å². The lowest BCUT2D eigenvalue weighted by Gasteiger charge is -2.19. The topological polar surface area (TPSA) is 50.4 Å². The molecule has 5 heteroatoms. The first-order chi connectivity index (χ1) is 15.2. The number of benzene rings is 3. The molecule has 0 fully saturated rings. The molecule has 0 amide bonds. The summed E-state index contributed by atoms with van der Waals surface area (Å²) in [6, 6.07) is 28.1. The van der Waals surface area contributed by atoms with Crippen molar-refractivity contribution in [3.05, 3.63) is 107 Å². The standard InChI is InChI=1S/C26H26N2O2S/c29-25(24(20-10-3-1-4-11-20)21-12-5-2-6-13-21)30-18-17-27-26(31)28-23-16-15-19-9-7-8-14-22(19)23/h1-14,23-24H,15-18H2,(H2,27,28,31)/t23-/m0/s1. The third-order valence-corrected chi connectivity index (χ3v) is 5.83. The number of carbonyl (C=O) groups excluding carboxylic acids is 1. The van der Waals surface area contributed by atoms with Gasteiger partial charge in [-0.15, -0.1) is 0 Å². The molecule has 1 aliphatic carbocycles. The molecule has 31 heavy (non-hydrogen) atoms. The number of hydrogen-bond acceptors (Lipinski definition) is 3. The zero-order chi connectivity index (χ0) is 21.5. The van der Waals surface area contributed by atoms with E-state index in [2.05, 4.69) is 34.9 Å². The fourth-order valence-electron chi connectivity index (χ4n) is 4.07. The van der Waals surface area contributed by atoms with Crippen LogP contribution < -0.4 is 10.6 Å². The van der Waals surface area contributed by atoms with Crippen LogP contribution in [0, 0.1) is 0 Å². The van der Waals surface area contributed by atoms with Gasteiger partial charge in [0.1, 0.15) is 12.5 Å². The smallest absolute Gasteiger partial charge is 0.317 e. The number of esters is 1. The maximum atomic E-state index is 12.9. The fraction of sp³-hybridized carbons (Fsp3) is 0.231. The van der Waals surface area contributed by atoms with Crippen molar-refractivity contribution in [1.29, 1.82) is 0 Å². The third kappa shape index (κ3) is 5.30. The van der Waals surface area contributed by atoms with E-state index in [0.29, 0.717) is 11.7 Å². The lowest BCUT2D eigenvalue weighted by Crippen LogP contribution is -2.39. The average molecular weight is 431 g/mol. The predicted octanol–water partition coefficient (Wildman–Crippen LogP) is 4.51. The van der Waals surface area contributed by atoms with E-state index in [4.69, 9.17) is 17.0 Å². The van der Waals surface area contributed by atoms with Crippen LogP contribution in [0.15, 0.2) is 84.9 Å². The summed E-state index contributed by atoms with van der Waals surface area (Å²) in [4.78, 5) is 12.9. The highest BCUT2D eigenvalue weighted by atomic mass is 32.1. The van der Waals surface area contributed by atoms with Crippen LogP contribution in [0.25, 0.3) is 0 Å². The van der Waals surface area contributed by atoms with Crippen molar-refractivity contribution in [2.24, 2.45) is 0 Å². The van der Waals surface area contributed by atoms with Crippen molar-refractivity contribution in [2.45, 2.75) is 24.8 Å². The van der Waals surface area contributed by atoms with Crippen molar-refractivity contribution in [3.8, 4) is 0 Å². The van der Waals surface area contributed by atoms with Crippen molar-refractivity contribution >= 4 is 23.3 Å². The van der Waals surface area contributed by atoms with Gasteiger partial charge in [-0.05, 0) is 47.3 Å². The van der Waals surface area contributed by atoms with Gasteiger partial charge in [0.2, 0.25) is 0 Å². The Kier molecular flexibility index (Phi) is 6.95. The summed E-state index contributed by atoms with van der Waals surface area (Å²) in [7, 11) is 0. The SMILES string of the molecule is O=C(OCCNC(=S)N[C@H]1CCc2ccccc21)C(c1ccccc1)c1ccccc1. The van der Waals surface area contributed by atoms with Gasteiger partial charge in [-0.25, -0.2) is 0 Å². The highest BCUT2D eigenvalue weighted by Gasteiger charge is 2.24. The van der Waals surface area contributed by atoms with E-state index in [1.165, 1.54) is 11.1 Å². The number of thiocarbonyl (C=S) groups is 1. The first kappa shape index (κ1) is 21.1. The Hall–Kier alpha value is -3.18. The zero-order valence-electron chi connectivity index (χ0n) is 17.3. The molecular formula is C26H26N2O2S. The minimum absolute atomic E-state index is 0.235. The van der Waals surface area contributed by atoms with Crippen molar-refractivity contribution in [2.75, 3.05) is 13.2 Å². The van der Waals surface area contributed by atoms with Gasteiger partial charge in [0.25, 0.3) is 0 Å². The summed E-state index contributed by atoms with van der Waals surface area (Å²) in [5.74, 6) is -0.703. The number of fused-ring (bicyclic) bond motifs is 1. The molecule has 3 aromatic rings. The van der Waals surface area contributed by atoms with E-state index in [-0.39, 0.29) is 18.6 Å². The van der Waals surface area contributed by atoms with E-state index in [9.17, 15) is 4.79 Å². The van der Waals surface area contributed by atoms with Crippen LogP contribution in [0.2, 0.25) is 0 Å². The maximum Gasteiger partial charge on any atom is 0.317 e. The van der Waals surface area contributed by atoms with E-state index < -0.39 is 5.92 Å². The summed E-state index contributed by atoms with van der Waals surface area (Å²) in [6.07, 6.45) is 2.10. The molecule has 0 saturated heterocycles. The van der Waals surface area contributed by atoms with Crippen molar-refractivity contribution < 1.29 is 9.53 Å². The Morgan fingerprint density at radius 3 is 2.23 bits per heavy atom. The van der Waals surface area contributed by atoms with Gasteiger partial charge in [-0.2, -0.15) is 0 Å². The van der Waals surface area contributed by atoms with Gasteiger partial charge < -0.3 is 15.4 Å². The quantitative estimate of drug-likeness (QED) is 0.328. The second kappa shape index (κ2) is 10.2. The molecule has 0 aromatic heterocycles. The molecule has 1 atom stereocenters. The van der Waals surface area contributed by atoms with Gasteiger partial charge in [0.15, 0.2) is 5.11 Å². The lowest BCUT2D eigenvalue weighted by molar-refractivity contribution is -0.144. The van der Waals surface area contributed by atoms with Crippen LogP contribution in [0.4, 0.5) is 0 Å². The molecule has 2 N–H and O–H groups in total. The number of ether oxygens (including phenoxy) is 1. The van der Waals surface area contributed by atoms with Gasteiger partial charge in [-0.3, -0.25) is 4.79 Å². The maximum absolute atomic E-state index is 12.9. The van der Waals surface area contributed by atoms with Gasteiger partial charge >= 0.3 is 5.97 Å². The van der Waals surface area contributed by atoms with Crippen LogP contribution in [0.3, 0.4) is 0 Å². The minimum Gasteiger partial charge on any atom is -0.463 e. The minimum atomic E-state index is -0.442. The van der Waals surface area contributed by atoms with E-state index in [1.54, 1.807) is 0 Å². The van der Waals surface area contributed by atoms with Crippen LogP contribution in [0.1, 0.15) is 40.6 Å². The Morgan fingerprint density at radius 1 is 0.935 bits per heavy atom. The second-order valence-electron chi connectivity index (χ2n) is 7.61. The summed E-state index contributed by atoms with van der Waals surface area (Å²) in [5, 5.41) is 7.12. The van der Waals surface area contributed by atoms with E-state index in [1.807, 2.05) is 60.7 Å².